The van der Waals surface area contributed by atoms with E-state index in [0.29, 0.717) is 17.4 Å². The lowest BCUT2D eigenvalue weighted by molar-refractivity contribution is -0.120. The minimum absolute atomic E-state index is 0.00579. The van der Waals surface area contributed by atoms with Crippen LogP contribution < -0.4 is 16.2 Å². The number of carbonyl (C=O) groups is 2. The number of rotatable bonds is 8. The Bertz CT molecular complexity index is 954. The van der Waals surface area contributed by atoms with Gasteiger partial charge in [0.2, 0.25) is 11.8 Å². The number of thiophene rings is 1. The highest BCUT2D eigenvalue weighted by Gasteiger charge is 2.10. The zero-order valence-corrected chi connectivity index (χ0v) is 16.4. The van der Waals surface area contributed by atoms with Crippen LogP contribution in [0.15, 0.2) is 45.1 Å². The summed E-state index contributed by atoms with van der Waals surface area (Å²) in [4.78, 5) is 47.5. The molecule has 0 aliphatic heterocycles. The first-order valence-corrected chi connectivity index (χ1v) is 10.5. The molecule has 0 aliphatic carbocycles. The van der Waals surface area contributed by atoms with Crippen molar-refractivity contribution >= 4 is 51.4 Å². The summed E-state index contributed by atoms with van der Waals surface area (Å²) in [5, 5.41) is 9.94. The van der Waals surface area contributed by atoms with E-state index < -0.39 is 0 Å². The first-order chi connectivity index (χ1) is 13.1. The number of hydrogen-bond acceptors (Lipinski definition) is 8. The summed E-state index contributed by atoms with van der Waals surface area (Å²) in [6, 6.07) is 5.13. The van der Waals surface area contributed by atoms with Crippen LogP contribution in [-0.4, -0.2) is 32.5 Å². The topological polar surface area (TPSA) is 117 Å². The second-order valence-electron chi connectivity index (χ2n) is 5.25. The zero-order valence-electron chi connectivity index (χ0n) is 13.9. The SMILES string of the molecule is O=C(Cc1cc(=O)[nH]c(SCC(=O)Nc2nccs2)n1)NCc1cccs1. The van der Waals surface area contributed by atoms with Gasteiger partial charge in [0.05, 0.1) is 24.4 Å². The Balaban J connectivity index is 1.53. The van der Waals surface area contributed by atoms with E-state index in [1.807, 2.05) is 17.5 Å². The molecule has 0 aromatic carbocycles. The van der Waals surface area contributed by atoms with Crippen LogP contribution in [0.4, 0.5) is 5.13 Å². The summed E-state index contributed by atoms with van der Waals surface area (Å²) in [6.45, 7) is 0.443. The highest BCUT2D eigenvalue weighted by atomic mass is 32.2. The molecule has 0 fully saturated rings. The summed E-state index contributed by atoms with van der Waals surface area (Å²) >= 11 is 3.96. The van der Waals surface area contributed by atoms with Crippen molar-refractivity contribution in [2.75, 3.05) is 11.1 Å². The summed E-state index contributed by atoms with van der Waals surface area (Å²) in [5.41, 5.74) is -0.0147. The molecule has 3 heterocycles. The molecule has 140 valence electrons. The predicted molar refractivity (Wildman–Crippen MR) is 106 cm³/mol. The smallest absolute Gasteiger partial charge is 0.251 e. The van der Waals surface area contributed by atoms with E-state index in [-0.39, 0.29) is 34.7 Å². The van der Waals surface area contributed by atoms with Crippen molar-refractivity contribution in [2.45, 2.75) is 18.1 Å². The van der Waals surface area contributed by atoms with Crippen LogP contribution in [0, 0.1) is 0 Å². The quantitative estimate of drug-likeness (QED) is 0.378. The largest absolute Gasteiger partial charge is 0.351 e. The van der Waals surface area contributed by atoms with Gasteiger partial charge >= 0.3 is 0 Å². The van der Waals surface area contributed by atoms with E-state index in [2.05, 4.69) is 25.6 Å². The van der Waals surface area contributed by atoms with E-state index >= 15 is 0 Å². The molecule has 0 saturated heterocycles. The summed E-state index contributed by atoms with van der Waals surface area (Å²) in [6.07, 6.45) is 1.59. The Morgan fingerprint density at radius 1 is 1.22 bits per heavy atom. The van der Waals surface area contributed by atoms with Crippen LogP contribution in [0.2, 0.25) is 0 Å². The molecular formula is C16H15N5O3S3. The Morgan fingerprint density at radius 2 is 2.11 bits per heavy atom. The number of hydrogen-bond donors (Lipinski definition) is 3. The number of amides is 2. The van der Waals surface area contributed by atoms with Gasteiger partial charge in [0.15, 0.2) is 10.3 Å². The van der Waals surface area contributed by atoms with Crippen molar-refractivity contribution < 1.29 is 9.59 Å². The maximum absolute atomic E-state index is 12.0. The van der Waals surface area contributed by atoms with Crippen LogP contribution >= 0.6 is 34.4 Å². The summed E-state index contributed by atoms with van der Waals surface area (Å²) in [7, 11) is 0. The van der Waals surface area contributed by atoms with Gasteiger partial charge in [-0.05, 0) is 11.4 Å². The summed E-state index contributed by atoms with van der Waals surface area (Å²) in [5.74, 6) is -0.410. The Kier molecular flexibility index (Phi) is 6.74. The molecule has 11 heteroatoms. The van der Waals surface area contributed by atoms with Crippen LogP contribution in [0.5, 0.6) is 0 Å². The molecule has 3 aromatic rings. The fourth-order valence-electron chi connectivity index (χ4n) is 2.04. The number of aromatic nitrogens is 3. The lowest BCUT2D eigenvalue weighted by atomic mass is 10.3. The highest BCUT2D eigenvalue weighted by Crippen LogP contribution is 2.14. The van der Waals surface area contributed by atoms with Gasteiger partial charge in [-0.1, -0.05) is 17.8 Å². The number of thiazole rings is 1. The molecule has 27 heavy (non-hydrogen) atoms. The summed E-state index contributed by atoms with van der Waals surface area (Å²) < 4.78 is 0. The molecule has 3 rings (SSSR count). The van der Waals surface area contributed by atoms with E-state index in [4.69, 9.17) is 0 Å². The normalized spacial score (nSPS) is 10.5. The molecule has 3 aromatic heterocycles. The minimum Gasteiger partial charge on any atom is -0.351 e. The first-order valence-electron chi connectivity index (χ1n) is 7.80. The van der Waals surface area contributed by atoms with Crippen molar-refractivity contribution in [1.29, 1.82) is 0 Å². The van der Waals surface area contributed by atoms with Crippen LogP contribution in [-0.2, 0) is 22.6 Å². The molecule has 2 amide bonds. The predicted octanol–water partition coefficient (Wildman–Crippen LogP) is 1.88. The zero-order chi connectivity index (χ0) is 19.1. The van der Waals surface area contributed by atoms with E-state index in [9.17, 15) is 14.4 Å². The van der Waals surface area contributed by atoms with Crippen molar-refractivity contribution in [3.8, 4) is 0 Å². The van der Waals surface area contributed by atoms with E-state index in [1.165, 1.54) is 17.4 Å². The van der Waals surface area contributed by atoms with Crippen molar-refractivity contribution in [3.05, 3.63) is 56.1 Å². The van der Waals surface area contributed by atoms with Gasteiger partial charge in [-0.25, -0.2) is 9.97 Å². The van der Waals surface area contributed by atoms with Gasteiger partial charge in [0.1, 0.15) is 0 Å². The van der Waals surface area contributed by atoms with Gasteiger partial charge in [-0.15, -0.1) is 22.7 Å². The van der Waals surface area contributed by atoms with Crippen molar-refractivity contribution in [3.63, 3.8) is 0 Å². The highest BCUT2D eigenvalue weighted by molar-refractivity contribution is 7.99. The monoisotopic (exact) mass is 421 g/mol. The molecule has 0 unspecified atom stereocenters. The van der Waals surface area contributed by atoms with Crippen molar-refractivity contribution in [2.24, 2.45) is 0 Å². The second-order valence-corrected chi connectivity index (χ2v) is 8.14. The van der Waals surface area contributed by atoms with E-state index in [1.54, 1.807) is 22.9 Å². The third kappa shape index (κ3) is 6.31. The third-order valence-electron chi connectivity index (χ3n) is 3.17. The molecule has 0 atom stereocenters. The van der Waals surface area contributed by atoms with E-state index in [0.717, 1.165) is 16.6 Å². The Morgan fingerprint density at radius 3 is 2.85 bits per heavy atom. The Labute approximate surface area is 166 Å². The molecule has 0 aliphatic rings. The van der Waals surface area contributed by atoms with Gasteiger partial charge in [-0.3, -0.25) is 14.4 Å². The van der Waals surface area contributed by atoms with Crippen LogP contribution in [0.25, 0.3) is 0 Å². The fraction of sp³-hybridized carbons (Fsp3) is 0.188. The maximum atomic E-state index is 12.0. The van der Waals surface area contributed by atoms with Crippen LogP contribution in [0.3, 0.4) is 0 Å². The molecule has 8 nitrogen and oxygen atoms in total. The van der Waals surface area contributed by atoms with Crippen LogP contribution in [0.1, 0.15) is 10.6 Å². The second kappa shape index (κ2) is 9.44. The van der Waals surface area contributed by atoms with Gasteiger partial charge in [0.25, 0.3) is 5.56 Å². The lowest BCUT2D eigenvalue weighted by Gasteiger charge is -2.05. The van der Waals surface area contributed by atoms with Gasteiger partial charge in [-0.2, -0.15) is 0 Å². The van der Waals surface area contributed by atoms with Crippen molar-refractivity contribution in [1.82, 2.24) is 20.3 Å². The Hall–Kier alpha value is -2.50. The average Bonchev–Trinajstić information content (AvgIpc) is 3.31. The molecule has 0 spiro atoms. The standard InChI is InChI=1S/C16H15N5O3S3/c22-12(18-8-11-2-1-4-25-11)6-10-7-13(23)20-16(19-10)27-9-14(24)21-15-17-3-5-26-15/h1-5,7H,6,8-9H2,(H,18,22)(H,17,21,24)(H,19,20,23). The van der Waals surface area contributed by atoms with Gasteiger partial charge < -0.3 is 15.6 Å². The number of H-pyrrole nitrogens is 1. The number of carbonyl (C=O) groups excluding carboxylic acids is 2. The first kappa shape index (κ1) is 19.3. The molecular weight excluding hydrogens is 406 g/mol. The lowest BCUT2D eigenvalue weighted by Crippen LogP contribution is -2.25. The number of aromatic amines is 1. The molecule has 3 N–H and O–H groups in total. The average molecular weight is 422 g/mol. The van der Waals surface area contributed by atoms with Gasteiger partial charge in [0, 0.05) is 22.5 Å². The number of nitrogens with zero attached hydrogens (tertiary/aromatic N) is 2. The minimum atomic E-state index is -0.367. The maximum Gasteiger partial charge on any atom is 0.251 e. The number of nitrogens with one attached hydrogen (secondary N) is 3. The fourth-order valence-corrected chi connectivity index (χ4v) is 3.93. The molecule has 0 saturated carbocycles. The molecule has 0 bridgehead atoms. The number of anilines is 1. The molecule has 0 radical (unpaired) electrons. The third-order valence-corrected chi connectivity index (χ3v) is 5.61. The number of thioether (sulfide) groups is 1.